The van der Waals surface area contributed by atoms with Gasteiger partial charge in [-0.05, 0) is 110 Å². The molecule has 2 heterocycles. The molecule has 4 heteroatoms. The van der Waals surface area contributed by atoms with Crippen LogP contribution in [0.4, 0.5) is 51.2 Å². The van der Waals surface area contributed by atoms with E-state index in [2.05, 4.69) is 299 Å². The summed E-state index contributed by atoms with van der Waals surface area (Å²) in [4.78, 5) is 7.69. The van der Waals surface area contributed by atoms with Crippen molar-refractivity contribution in [2.24, 2.45) is 0 Å². The summed E-state index contributed by atoms with van der Waals surface area (Å²) in [6.45, 7) is 13.9. The molecular formula is C68H58BN3. The first-order valence-electron chi connectivity index (χ1n) is 25.4. The number of hydrogen-bond acceptors (Lipinski definition) is 3. The summed E-state index contributed by atoms with van der Waals surface area (Å²) in [6, 6.07) is 90.1. The molecular weight excluding hydrogens is 870 g/mol. The summed E-state index contributed by atoms with van der Waals surface area (Å²) in [7, 11) is 0. The number of nitrogens with zero attached hydrogens (tertiary/aromatic N) is 3. The molecule has 0 unspecified atom stereocenters. The number of rotatable bonds is 8. The predicted molar refractivity (Wildman–Crippen MR) is 309 cm³/mol. The van der Waals surface area contributed by atoms with E-state index in [9.17, 15) is 0 Å². The third kappa shape index (κ3) is 7.79. The fraction of sp³-hybridized carbons (Fsp3) is 0.118. The Kier molecular flexibility index (Phi) is 11.1. The van der Waals surface area contributed by atoms with Gasteiger partial charge in [-0.3, -0.25) is 0 Å². The van der Waals surface area contributed by atoms with E-state index in [4.69, 9.17) is 0 Å². The van der Waals surface area contributed by atoms with Gasteiger partial charge in [0.2, 0.25) is 0 Å². The minimum atomic E-state index is -0.114. The zero-order chi connectivity index (χ0) is 49.1. The van der Waals surface area contributed by atoms with E-state index in [-0.39, 0.29) is 17.5 Å². The topological polar surface area (TPSA) is 9.72 Å². The molecule has 2 aliphatic heterocycles. The van der Waals surface area contributed by atoms with E-state index in [1.165, 1.54) is 72.3 Å². The molecule has 10 aromatic rings. The van der Waals surface area contributed by atoms with Gasteiger partial charge in [-0.25, -0.2) is 0 Å². The lowest BCUT2D eigenvalue weighted by Crippen LogP contribution is -2.61. The predicted octanol–water partition coefficient (Wildman–Crippen LogP) is 16.8. The Morgan fingerprint density at radius 3 is 1.18 bits per heavy atom. The monoisotopic (exact) mass is 927 g/mol. The lowest BCUT2D eigenvalue weighted by atomic mass is 9.33. The number of benzene rings is 10. The molecule has 0 amide bonds. The molecule has 0 bridgehead atoms. The van der Waals surface area contributed by atoms with E-state index in [0.717, 1.165) is 39.8 Å². The summed E-state index contributed by atoms with van der Waals surface area (Å²) >= 11 is 0. The van der Waals surface area contributed by atoms with Crippen LogP contribution in [-0.4, -0.2) is 6.71 Å². The Morgan fingerprint density at radius 2 is 0.708 bits per heavy atom. The van der Waals surface area contributed by atoms with Gasteiger partial charge in [-0.15, -0.1) is 0 Å². The van der Waals surface area contributed by atoms with Crippen LogP contribution in [0, 0.1) is 0 Å². The Balaban J connectivity index is 1.28. The highest BCUT2D eigenvalue weighted by molar-refractivity contribution is 7.00. The maximum absolute atomic E-state index is 2.65. The van der Waals surface area contributed by atoms with Crippen molar-refractivity contribution in [1.29, 1.82) is 0 Å². The van der Waals surface area contributed by atoms with Crippen LogP contribution in [0.3, 0.4) is 0 Å². The second-order valence-corrected chi connectivity index (χ2v) is 21.4. The molecule has 0 aromatic heterocycles. The molecule has 12 rings (SSSR count). The van der Waals surface area contributed by atoms with Gasteiger partial charge in [-0.1, -0.05) is 230 Å². The highest BCUT2D eigenvalue weighted by atomic mass is 15.2. The number of para-hydroxylation sites is 4. The second-order valence-electron chi connectivity index (χ2n) is 21.4. The summed E-state index contributed by atoms with van der Waals surface area (Å²) in [5, 5.41) is 0. The molecule has 3 nitrogen and oxygen atoms in total. The molecule has 0 fully saturated rings. The number of anilines is 9. The van der Waals surface area contributed by atoms with Gasteiger partial charge in [0, 0.05) is 50.8 Å². The largest absolute Gasteiger partial charge is 0.311 e. The third-order valence-corrected chi connectivity index (χ3v) is 14.7. The van der Waals surface area contributed by atoms with Gasteiger partial charge in [0.15, 0.2) is 0 Å². The van der Waals surface area contributed by atoms with Crippen molar-refractivity contribution in [3.05, 3.63) is 254 Å². The van der Waals surface area contributed by atoms with Crippen molar-refractivity contribution in [1.82, 2.24) is 0 Å². The van der Waals surface area contributed by atoms with Gasteiger partial charge in [0.1, 0.15) is 0 Å². The van der Waals surface area contributed by atoms with Crippen molar-refractivity contribution in [2.75, 3.05) is 14.7 Å². The summed E-state index contributed by atoms with van der Waals surface area (Å²) < 4.78 is 0. The van der Waals surface area contributed by atoms with Crippen LogP contribution in [0.2, 0.25) is 0 Å². The van der Waals surface area contributed by atoms with Crippen molar-refractivity contribution in [3.63, 3.8) is 0 Å². The Bertz CT molecular complexity index is 3500. The molecule has 10 aromatic carbocycles. The van der Waals surface area contributed by atoms with Crippen LogP contribution < -0.4 is 31.1 Å². The number of fused-ring (bicyclic) bond motifs is 4. The van der Waals surface area contributed by atoms with Crippen LogP contribution in [0.5, 0.6) is 0 Å². The first-order chi connectivity index (χ1) is 35.0. The molecule has 0 saturated carbocycles. The first-order valence-corrected chi connectivity index (χ1v) is 25.4. The van der Waals surface area contributed by atoms with Crippen LogP contribution >= 0.6 is 0 Å². The number of hydrogen-bond donors (Lipinski definition) is 0. The van der Waals surface area contributed by atoms with Crippen LogP contribution in [0.25, 0.3) is 33.4 Å². The fourth-order valence-electron chi connectivity index (χ4n) is 11.2. The SMILES string of the molecule is CC(C)(C)c1ccc2c(c1)N(c1ccccc1-c1ccccc1)c1cc(N(c3ccccc3)c3ccccc3)cc3c1B2c1ccc(C(C)(C)C)cc1N3c1c(-c2ccccc2)cccc1-c1ccccc1. The molecule has 72 heavy (non-hydrogen) atoms. The van der Waals surface area contributed by atoms with E-state index in [0.29, 0.717) is 0 Å². The van der Waals surface area contributed by atoms with Gasteiger partial charge < -0.3 is 14.7 Å². The van der Waals surface area contributed by atoms with E-state index in [1.807, 2.05) is 0 Å². The zero-order valence-corrected chi connectivity index (χ0v) is 42.0. The van der Waals surface area contributed by atoms with E-state index >= 15 is 0 Å². The molecule has 0 radical (unpaired) electrons. The molecule has 0 atom stereocenters. The maximum Gasteiger partial charge on any atom is 0.252 e. The smallest absolute Gasteiger partial charge is 0.252 e. The molecule has 0 spiro atoms. The van der Waals surface area contributed by atoms with E-state index in [1.54, 1.807) is 0 Å². The first kappa shape index (κ1) is 44.8. The average molecular weight is 928 g/mol. The van der Waals surface area contributed by atoms with Crippen molar-refractivity contribution >= 4 is 74.3 Å². The van der Waals surface area contributed by atoms with Crippen molar-refractivity contribution in [3.8, 4) is 33.4 Å². The lowest BCUT2D eigenvalue weighted by Gasteiger charge is -2.46. The van der Waals surface area contributed by atoms with Crippen LogP contribution in [-0.2, 0) is 10.8 Å². The fourth-order valence-corrected chi connectivity index (χ4v) is 11.2. The van der Waals surface area contributed by atoms with Gasteiger partial charge in [-0.2, -0.15) is 0 Å². The quantitative estimate of drug-likeness (QED) is 0.141. The molecule has 0 aliphatic carbocycles. The summed E-state index contributed by atoms with van der Waals surface area (Å²) in [5.74, 6) is 0. The highest BCUT2D eigenvalue weighted by Crippen LogP contribution is 2.53. The van der Waals surface area contributed by atoms with Gasteiger partial charge in [0.05, 0.1) is 17.1 Å². The summed E-state index contributed by atoms with van der Waals surface area (Å²) in [5.41, 5.74) is 23.5. The average Bonchev–Trinajstić information content (AvgIpc) is 3.41. The Labute approximate surface area is 426 Å². The molecule has 0 N–H and O–H groups in total. The standard InChI is InChI=1S/C68H58BN3/c1-67(2,3)50-39-41-58-61(43-50)71(60-38-23-22-35-55(60)47-25-12-7-13-26-47)63-45-54(70(52-31-18-10-19-32-52)53-33-20-11-21-34-53)46-64-65(63)69(58)59-42-40-51(68(4,5)6)44-62(59)72(64)66-56(48-27-14-8-15-28-48)36-24-37-57(66)49-29-16-9-17-30-49/h7-46H,1-6H3. The molecule has 0 saturated heterocycles. The van der Waals surface area contributed by atoms with Gasteiger partial charge >= 0.3 is 0 Å². The van der Waals surface area contributed by atoms with E-state index < -0.39 is 0 Å². The van der Waals surface area contributed by atoms with Crippen LogP contribution in [0.15, 0.2) is 243 Å². The minimum absolute atomic E-state index is 0.0839. The minimum Gasteiger partial charge on any atom is -0.311 e. The second kappa shape index (κ2) is 17.8. The molecule has 2 aliphatic rings. The normalized spacial score (nSPS) is 12.8. The molecule has 348 valence electrons. The lowest BCUT2D eigenvalue weighted by molar-refractivity contribution is 0.590. The van der Waals surface area contributed by atoms with Crippen molar-refractivity contribution in [2.45, 2.75) is 52.4 Å². The van der Waals surface area contributed by atoms with Crippen molar-refractivity contribution < 1.29 is 0 Å². The van der Waals surface area contributed by atoms with Gasteiger partial charge in [0.25, 0.3) is 6.71 Å². The summed E-state index contributed by atoms with van der Waals surface area (Å²) in [6.07, 6.45) is 0. The van der Waals surface area contributed by atoms with Crippen LogP contribution in [0.1, 0.15) is 52.7 Å². The zero-order valence-electron chi connectivity index (χ0n) is 42.0. The Hall–Kier alpha value is -8.34. The Morgan fingerprint density at radius 1 is 0.319 bits per heavy atom. The third-order valence-electron chi connectivity index (χ3n) is 14.7. The maximum atomic E-state index is 2.65. The highest BCUT2D eigenvalue weighted by Gasteiger charge is 2.46.